The van der Waals surface area contributed by atoms with Gasteiger partial charge in [-0.15, -0.1) is 17.0 Å². The predicted octanol–water partition coefficient (Wildman–Crippen LogP) is 2.92. The highest BCUT2D eigenvalue weighted by Gasteiger charge is 2.08. The van der Waals surface area contributed by atoms with E-state index in [1.54, 1.807) is 0 Å². The first kappa shape index (κ1) is 11.7. The highest BCUT2D eigenvalue weighted by atomic mass is 79.9. The lowest BCUT2D eigenvalue weighted by atomic mass is 9.97. The van der Waals surface area contributed by atoms with Crippen LogP contribution in [-0.2, 0) is 0 Å². The van der Waals surface area contributed by atoms with Gasteiger partial charge in [-0.1, -0.05) is 44.2 Å². The molecule has 0 radical (unpaired) electrons. The van der Waals surface area contributed by atoms with Crippen molar-refractivity contribution in [1.29, 1.82) is 0 Å². The highest BCUT2D eigenvalue weighted by Crippen LogP contribution is 2.17. The predicted molar refractivity (Wildman–Crippen MR) is 58.5 cm³/mol. The minimum Gasteiger partial charge on any atom is -0.324 e. The smallest absolute Gasteiger partial charge is 0.0318 e. The van der Waals surface area contributed by atoms with Crippen molar-refractivity contribution < 1.29 is 0 Å². The zero-order valence-corrected chi connectivity index (χ0v) is 9.24. The van der Waals surface area contributed by atoms with Gasteiger partial charge in [0.05, 0.1) is 0 Å². The quantitative estimate of drug-likeness (QED) is 0.830. The molecule has 1 atom stereocenters. The van der Waals surface area contributed by atoms with E-state index in [-0.39, 0.29) is 23.0 Å². The summed E-state index contributed by atoms with van der Waals surface area (Å²) in [6.45, 7) is 4.27. The van der Waals surface area contributed by atoms with Gasteiger partial charge in [0.25, 0.3) is 0 Å². The van der Waals surface area contributed by atoms with Crippen molar-refractivity contribution in [2.45, 2.75) is 19.9 Å². The molecule has 1 aromatic carbocycles. The van der Waals surface area contributed by atoms with Crippen LogP contribution in [0.4, 0.5) is 0 Å². The van der Waals surface area contributed by atoms with Crippen LogP contribution in [0.3, 0.4) is 0 Å². The number of benzene rings is 1. The summed E-state index contributed by atoms with van der Waals surface area (Å²) in [5.41, 5.74) is 7.16. The molecule has 1 nitrogen and oxygen atoms in total. The molecule has 0 aliphatic carbocycles. The van der Waals surface area contributed by atoms with E-state index in [2.05, 4.69) is 26.0 Å². The lowest BCUT2D eigenvalue weighted by Crippen LogP contribution is -2.16. The molecule has 0 aliphatic rings. The first-order valence-electron chi connectivity index (χ1n) is 4.02. The molecule has 0 bridgehead atoms. The van der Waals surface area contributed by atoms with Crippen LogP contribution in [0.5, 0.6) is 0 Å². The van der Waals surface area contributed by atoms with Crippen molar-refractivity contribution in [3.05, 3.63) is 35.9 Å². The second-order valence-electron chi connectivity index (χ2n) is 3.18. The normalized spacial score (nSPS) is 12.3. The van der Waals surface area contributed by atoms with Crippen LogP contribution in [0.2, 0.25) is 0 Å². The second-order valence-corrected chi connectivity index (χ2v) is 3.18. The van der Waals surface area contributed by atoms with E-state index in [0.29, 0.717) is 5.92 Å². The molecule has 68 valence electrons. The molecule has 0 saturated carbocycles. The summed E-state index contributed by atoms with van der Waals surface area (Å²) in [4.78, 5) is 0. The van der Waals surface area contributed by atoms with Gasteiger partial charge in [0.15, 0.2) is 0 Å². The molecular formula is C10H16BrN. The maximum Gasteiger partial charge on any atom is 0.0318 e. The number of halogens is 1. The maximum absolute atomic E-state index is 5.94. The van der Waals surface area contributed by atoms with E-state index in [4.69, 9.17) is 5.73 Å². The molecule has 0 aliphatic heterocycles. The van der Waals surface area contributed by atoms with Crippen molar-refractivity contribution >= 4 is 17.0 Å². The molecule has 0 amide bonds. The van der Waals surface area contributed by atoms with Gasteiger partial charge < -0.3 is 5.73 Å². The summed E-state index contributed by atoms with van der Waals surface area (Å²) in [7, 11) is 0. The number of hydrogen-bond acceptors (Lipinski definition) is 1. The molecular weight excluding hydrogens is 214 g/mol. The topological polar surface area (TPSA) is 26.0 Å². The molecule has 1 aromatic rings. The zero-order valence-electron chi connectivity index (χ0n) is 7.53. The summed E-state index contributed by atoms with van der Waals surface area (Å²) in [5.74, 6) is 0.511. The third kappa shape index (κ3) is 2.95. The highest BCUT2D eigenvalue weighted by molar-refractivity contribution is 8.93. The van der Waals surface area contributed by atoms with Crippen LogP contribution in [0.25, 0.3) is 0 Å². The van der Waals surface area contributed by atoms with Crippen LogP contribution in [0, 0.1) is 5.92 Å². The van der Waals surface area contributed by atoms with Crippen molar-refractivity contribution in [2.75, 3.05) is 0 Å². The van der Waals surface area contributed by atoms with Gasteiger partial charge in [-0.25, -0.2) is 0 Å². The van der Waals surface area contributed by atoms with Gasteiger partial charge in [0, 0.05) is 6.04 Å². The van der Waals surface area contributed by atoms with E-state index < -0.39 is 0 Å². The Labute approximate surface area is 84.7 Å². The Balaban J connectivity index is 0.00000121. The minimum atomic E-state index is 0. The van der Waals surface area contributed by atoms with Crippen molar-refractivity contribution in [3.8, 4) is 0 Å². The van der Waals surface area contributed by atoms with E-state index in [1.165, 1.54) is 5.56 Å². The third-order valence-electron chi connectivity index (χ3n) is 1.90. The Morgan fingerprint density at radius 3 is 2.00 bits per heavy atom. The van der Waals surface area contributed by atoms with Crippen LogP contribution in [0.1, 0.15) is 25.5 Å². The van der Waals surface area contributed by atoms with E-state index >= 15 is 0 Å². The van der Waals surface area contributed by atoms with Crippen LogP contribution in [0.15, 0.2) is 30.3 Å². The van der Waals surface area contributed by atoms with Crippen molar-refractivity contribution in [1.82, 2.24) is 0 Å². The second kappa shape index (κ2) is 5.33. The Hall–Kier alpha value is -0.340. The molecule has 0 saturated heterocycles. The summed E-state index contributed by atoms with van der Waals surface area (Å²) < 4.78 is 0. The van der Waals surface area contributed by atoms with Gasteiger partial charge in [0.1, 0.15) is 0 Å². The van der Waals surface area contributed by atoms with Crippen LogP contribution >= 0.6 is 17.0 Å². The fourth-order valence-electron chi connectivity index (χ4n) is 1.06. The monoisotopic (exact) mass is 229 g/mol. The molecule has 12 heavy (non-hydrogen) atoms. The van der Waals surface area contributed by atoms with Gasteiger partial charge >= 0.3 is 0 Å². The maximum atomic E-state index is 5.94. The SMILES string of the molecule is Br.CC(C)C(N)c1ccccc1. The van der Waals surface area contributed by atoms with Gasteiger partial charge in [-0.3, -0.25) is 0 Å². The summed E-state index contributed by atoms with van der Waals surface area (Å²) >= 11 is 0. The summed E-state index contributed by atoms with van der Waals surface area (Å²) in [5, 5.41) is 0. The van der Waals surface area contributed by atoms with Gasteiger partial charge in [-0.05, 0) is 11.5 Å². The Morgan fingerprint density at radius 2 is 1.58 bits per heavy atom. The molecule has 1 rings (SSSR count). The Morgan fingerprint density at radius 1 is 1.08 bits per heavy atom. The van der Waals surface area contributed by atoms with Crippen molar-refractivity contribution in [3.63, 3.8) is 0 Å². The lowest BCUT2D eigenvalue weighted by molar-refractivity contribution is 0.514. The van der Waals surface area contributed by atoms with Crippen LogP contribution in [-0.4, -0.2) is 0 Å². The van der Waals surface area contributed by atoms with Crippen molar-refractivity contribution in [2.24, 2.45) is 11.7 Å². The standard InChI is InChI=1S/C10H15N.BrH/c1-8(2)10(11)9-6-4-3-5-7-9;/h3-8,10H,11H2,1-2H3;1H. The number of rotatable bonds is 2. The third-order valence-corrected chi connectivity index (χ3v) is 1.90. The van der Waals surface area contributed by atoms with Gasteiger partial charge in [-0.2, -0.15) is 0 Å². The largest absolute Gasteiger partial charge is 0.324 e. The van der Waals surface area contributed by atoms with E-state index in [0.717, 1.165) is 0 Å². The average Bonchev–Trinajstić information content (AvgIpc) is 2.05. The molecule has 1 unspecified atom stereocenters. The molecule has 0 aromatic heterocycles. The molecule has 2 heteroatoms. The van der Waals surface area contributed by atoms with E-state index in [1.807, 2.05) is 18.2 Å². The zero-order chi connectivity index (χ0) is 8.27. The Kier molecular flexibility index (Phi) is 5.18. The molecule has 0 spiro atoms. The lowest BCUT2D eigenvalue weighted by Gasteiger charge is -2.15. The van der Waals surface area contributed by atoms with E-state index in [9.17, 15) is 0 Å². The van der Waals surface area contributed by atoms with Crippen LogP contribution < -0.4 is 5.73 Å². The molecule has 0 fully saturated rings. The summed E-state index contributed by atoms with van der Waals surface area (Å²) in [6.07, 6.45) is 0. The number of hydrogen-bond donors (Lipinski definition) is 1. The minimum absolute atomic E-state index is 0. The summed E-state index contributed by atoms with van der Waals surface area (Å²) in [6, 6.07) is 10.4. The number of nitrogens with two attached hydrogens (primary N) is 1. The Bertz CT molecular complexity index is 208. The molecule has 2 N–H and O–H groups in total. The fourth-order valence-corrected chi connectivity index (χ4v) is 1.06. The first-order valence-corrected chi connectivity index (χ1v) is 4.02. The average molecular weight is 230 g/mol. The first-order chi connectivity index (χ1) is 5.22. The van der Waals surface area contributed by atoms with Gasteiger partial charge in [0.2, 0.25) is 0 Å². The molecule has 0 heterocycles. The fraction of sp³-hybridized carbons (Fsp3) is 0.400.